The number of carbonyl (C=O) groups excluding carboxylic acids is 2. The summed E-state index contributed by atoms with van der Waals surface area (Å²) in [6.45, 7) is 4.14. The Kier molecular flexibility index (Phi) is 8.31. The fourth-order valence-electron chi connectivity index (χ4n) is 3.52. The molecular formula is C22H26FN4O9PS. The van der Waals surface area contributed by atoms with E-state index in [2.05, 4.69) is 10.1 Å². The molecule has 2 aromatic rings. The van der Waals surface area contributed by atoms with Gasteiger partial charge in [-0.1, -0.05) is 0 Å². The number of nitrogens with one attached hydrogen (secondary N) is 1. The number of nitrogens with two attached hydrogens (primary N) is 1. The van der Waals surface area contributed by atoms with Crippen molar-refractivity contribution in [2.24, 2.45) is 0 Å². The van der Waals surface area contributed by atoms with Crippen molar-refractivity contribution in [3.05, 3.63) is 40.9 Å². The van der Waals surface area contributed by atoms with Crippen molar-refractivity contribution >= 4 is 37.1 Å². The number of benzene rings is 1. The van der Waals surface area contributed by atoms with Gasteiger partial charge in [0.15, 0.2) is 23.5 Å². The van der Waals surface area contributed by atoms with Crippen molar-refractivity contribution in [3.8, 4) is 17.2 Å². The number of hydrogen-bond donors (Lipinski definition) is 2. The van der Waals surface area contributed by atoms with Crippen LogP contribution >= 0.6 is 19.5 Å². The predicted molar refractivity (Wildman–Crippen MR) is 134 cm³/mol. The molecule has 38 heavy (non-hydrogen) atoms. The topological polar surface area (TPSA) is 170 Å². The molecule has 2 aliphatic heterocycles. The minimum absolute atomic E-state index is 0.00245. The van der Waals surface area contributed by atoms with Crippen molar-refractivity contribution in [2.45, 2.75) is 49.7 Å². The summed E-state index contributed by atoms with van der Waals surface area (Å²) in [7, 11) is -4.36. The van der Waals surface area contributed by atoms with Crippen LogP contribution in [0.3, 0.4) is 0 Å². The fourth-order valence-corrected chi connectivity index (χ4v) is 6.43. The second kappa shape index (κ2) is 11.3. The third kappa shape index (κ3) is 6.29. The van der Waals surface area contributed by atoms with Crippen LogP contribution in [0.25, 0.3) is 0 Å². The van der Waals surface area contributed by atoms with Crippen LogP contribution < -0.4 is 30.5 Å². The summed E-state index contributed by atoms with van der Waals surface area (Å²) in [5, 5.41) is 0.125. The van der Waals surface area contributed by atoms with Crippen LogP contribution in [0.4, 0.5) is 10.2 Å². The van der Waals surface area contributed by atoms with Gasteiger partial charge >= 0.3 is 19.4 Å². The second-order valence-corrected chi connectivity index (χ2v) is 11.6. The number of halogens is 1. The summed E-state index contributed by atoms with van der Waals surface area (Å²) in [4.78, 5) is 40.7. The number of Topliss-reactive ketones (excluding diaryl/α,β-unsaturated/α-hetero) is 1. The van der Waals surface area contributed by atoms with E-state index in [-0.39, 0.29) is 18.4 Å². The van der Waals surface area contributed by atoms with Gasteiger partial charge in [-0.15, -0.1) is 11.8 Å². The minimum atomic E-state index is -4.36. The van der Waals surface area contributed by atoms with E-state index in [1.807, 2.05) is 0 Å². The van der Waals surface area contributed by atoms with E-state index in [0.717, 1.165) is 16.3 Å². The number of esters is 1. The lowest BCUT2D eigenvalue weighted by Gasteiger charge is -2.24. The lowest BCUT2D eigenvalue weighted by molar-refractivity contribution is -0.149. The first kappa shape index (κ1) is 27.9. The molecule has 0 bridgehead atoms. The molecule has 0 amide bonds. The SMILES string of the molecule is CC(C)OC(=O)[C@H](C)NP(=O)(OC[C@H]1S[C@@H](n2ccc(N)nc2=O)[C@@H](F)C1=O)Oc1ccc2c(c1)OCO2. The standard InChI is InChI=1S/C22H26FN4O9PS/c1-11(2)35-21(29)12(3)26-37(31,36-13-4-5-14-15(8-13)33-10-32-14)34-9-16-19(28)18(23)20(38-16)27-7-6-17(24)25-22(27)30/h4-8,11-12,16,18,20H,9-10H2,1-3H3,(H,26,31)(H2,24,25,30)/t12-,16+,18-,20+,37?/m0/s1. The molecule has 3 heterocycles. The van der Waals surface area contributed by atoms with Crippen LogP contribution in [0.15, 0.2) is 35.3 Å². The number of thioether (sulfide) groups is 1. The van der Waals surface area contributed by atoms with Crippen LogP contribution in [0.1, 0.15) is 26.1 Å². The van der Waals surface area contributed by atoms with E-state index in [9.17, 15) is 23.3 Å². The summed E-state index contributed by atoms with van der Waals surface area (Å²) in [5.74, 6) is -0.785. The third-order valence-corrected chi connectivity index (χ3v) is 8.38. The number of hydrogen-bond acceptors (Lipinski definition) is 12. The molecule has 1 aromatic carbocycles. The van der Waals surface area contributed by atoms with E-state index in [1.54, 1.807) is 13.8 Å². The van der Waals surface area contributed by atoms with E-state index < -0.39 is 60.7 Å². The monoisotopic (exact) mass is 572 g/mol. The first-order chi connectivity index (χ1) is 18.0. The van der Waals surface area contributed by atoms with Gasteiger partial charge in [0.25, 0.3) is 0 Å². The Balaban J connectivity index is 1.51. The van der Waals surface area contributed by atoms with Crippen LogP contribution in [0, 0.1) is 0 Å². The van der Waals surface area contributed by atoms with Gasteiger partial charge in [0.05, 0.1) is 18.0 Å². The second-order valence-electron chi connectivity index (χ2n) is 8.60. The Bertz CT molecular complexity index is 1330. The molecule has 2 aliphatic rings. The molecule has 1 saturated heterocycles. The van der Waals surface area contributed by atoms with Crippen LogP contribution in [0.5, 0.6) is 17.2 Å². The van der Waals surface area contributed by atoms with Crippen molar-refractivity contribution in [3.63, 3.8) is 0 Å². The molecule has 0 radical (unpaired) electrons. The van der Waals surface area contributed by atoms with E-state index >= 15 is 0 Å². The van der Waals surface area contributed by atoms with Crippen molar-refractivity contribution < 1.29 is 41.8 Å². The van der Waals surface area contributed by atoms with Crippen molar-refractivity contribution in [1.29, 1.82) is 0 Å². The normalized spacial score (nSPS) is 22.8. The Morgan fingerprint density at radius 3 is 2.74 bits per heavy atom. The van der Waals surface area contributed by atoms with Crippen molar-refractivity contribution in [2.75, 3.05) is 19.1 Å². The summed E-state index contributed by atoms with van der Waals surface area (Å²) in [6, 6.07) is 4.57. The molecule has 3 N–H and O–H groups in total. The zero-order valence-corrected chi connectivity index (χ0v) is 22.3. The first-order valence-corrected chi connectivity index (χ1v) is 13.9. The van der Waals surface area contributed by atoms with Crippen molar-refractivity contribution in [1.82, 2.24) is 14.6 Å². The highest BCUT2D eigenvalue weighted by atomic mass is 32.2. The molecule has 1 aromatic heterocycles. The number of carbonyl (C=O) groups is 2. The summed E-state index contributed by atoms with van der Waals surface area (Å²) in [5.41, 5.74) is 4.66. The lowest BCUT2D eigenvalue weighted by atomic mass is 10.2. The smallest absolute Gasteiger partial charge is 0.459 e. The van der Waals surface area contributed by atoms with Gasteiger partial charge in [0.2, 0.25) is 6.79 Å². The molecular weight excluding hydrogens is 546 g/mol. The molecule has 16 heteroatoms. The van der Waals surface area contributed by atoms with Gasteiger partial charge in [-0.3, -0.25) is 18.7 Å². The van der Waals surface area contributed by atoms with Gasteiger partial charge in [0.1, 0.15) is 23.0 Å². The first-order valence-electron chi connectivity index (χ1n) is 11.5. The highest BCUT2D eigenvalue weighted by Gasteiger charge is 2.46. The number of nitrogens with zero attached hydrogens (tertiary/aromatic N) is 2. The van der Waals surface area contributed by atoms with Crippen LogP contribution in [-0.2, 0) is 23.4 Å². The number of anilines is 1. The average molecular weight is 573 g/mol. The number of ether oxygens (including phenoxy) is 3. The highest BCUT2D eigenvalue weighted by molar-refractivity contribution is 8.01. The predicted octanol–water partition coefficient (Wildman–Crippen LogP) is 2.21. The summed E-state index contributed by atoms with van der Waals surface area (Å²) < 4.78 is 56.4. The molecule has 4 rings (SSSR count). The maximum atomic E-state index is 14.9. The van der Waals surface area contributed by atoms with Crippen LogP contribution in [-0.4, -0.2) is 58.3 Å². The number of fused-ring (bicyclic) bond motifs is 1. The summed E-state index contributed by atoms with van der Waals surface area (Å²) >= 11 is 0.797. The van der Waals surface area contributed by atoms with E-state index in [1.165, 1.54) is 37.4 Å². The molecule has 1 unspecified atom stereocenters. The Morgan fingerprint density at radius 2 is 2.03 bits per heavy atom. The molecule has 206 valence electrons. The molecule has 0 aliphatic carbocycles. The number of rotatable bonds is 10. The largest absolute Gasteiger partial charge is 0.462 e. The number of aromatic nitrogens is 2. The third-order valence-electron chi connectivity index (χ3n) is 5.29. The quantitative estimate of drug-likeness (QED) is 0.314. The molecule has 5 atom stereocenters. The highest BCUT2D eigenvalue weighted by Crippen LogP contribution is 2.49. The van der Waals surface area contributed by atoms with Gasteiger partial charge in [-0.05, 0) is 39.0 Å². The number of nitrogen functional groups attached to an aromatic ring is 1. The number of ketones is 1. The molecule has 13 nitrogen and oxygen atoms in total. The molecule has 0 saturated carbocycles. The van der Waals surface area contributed by atoms with Gasteiger partial charge in [0, 0.05) is 12.3 Å². The molecule has 1 fully saturated rings. The number of alkyl halides is 1. The van der Waals surface area contributed by atoms with E-state index in [4.69, 9.17) is 29.0 Å². The summed E-state index contributed by atoms with van der Waals surface area (Å²) in [6.07, 6.45) is -1.25. The lowest BCUT2D eigenvalue weighted by Crippen LogP contribution is -2.37. The molecule has 0 spiro atoms. The Labute approximate surface area is 220 Å². The maximum Gasteiger partial charge on any atom is 0.459 e. The minimum Gasteiger partial charge on any atom is -0.462 e. The Morgan fingerprint density at radius 1 is 1.29 bits per heavy atom. The van der Waals surface area contributed by atoms with Gasteiger partial charge in [-0.2, -0.15) is 10.1 Å². The van der Waals surface area contributed by atoms with Gasteiger partial charge < -0.3 is 24.5 Å². The van der Waals surface area contributed by atoms with Crippen LogP contribution in [0.2, 0.25) is 0 Å². The van der Waals surface area contributed by atoms with E-state index in [0.29, 0.717) is 11.5 Å². The maximum absolute atomic E-state index is 14.9. The van der Waals surface area contributed by atoms with Gasteiger partial charge in [-0.25, -0.2) is 13.8 Å². The fraction of sp³-hybridized carbons (Fsp3) is 0.455. The Hall–Kier alpha value is -3.13. The zero-order valence-electron chi connectivity index (χ0n) is 20.6. The average Bonchev–Trinajstić information content (AvgIpc) is 3.42. The zero-order chi connectivity index (χ0) is 27.6.